The molecule has 0 atom stereocenters. The van der Waals surface area contributed by atoms with Crippen molar-refractivity contribution in [3.8, 4) is 17.0 Å². The summed E-state index contributed by atoms with van der Waals surface area (Å²) in [6.07, 6.45) is -4.71. The van der Waals surface area contributed by atoms with Gasteiger partial charge in [0.05, 0.1) is 17.8 Å². The topological polar surface area (TPSA) is 68.2 Å². The molecule has 2 amide bonds. The minimum absolute atomic E-state index is 0.00241. The standard InChI is InChI=1S/C19H15Cl2F3N4O2/c1-28-16(15(21)17(27-28)19(22,23)24)13-9-12(7-8-14(13)30-2)26-18(29)25-11-5-3-10(20)4-6-11/h3-9H,1-2H3,(H2,25,26,29). The third-order valence-electron chi connectivity index (χ3n) is 4.07. The summed E-state index contributed by atoms with van der Waals surface area (Å²) < 4.78 is 45.7. The number of ether oxygens (including phenoxy) is 1. The summed E-state index contributed by atoms with van der Waals surface area (Å²) in [7, 11) is 2.71. The molecule has 158 valence electrons. The quantitative estimate of drug-likeness (QED) is 0.498. The zero-order chi connectivity index (χ0) is 22.1. The first kappa shape index (κ1) is 21.8. The van der Waals surface area contributed by atoms with Gasteiger partial charge in [0.25, 0.3) is 0 Å². The van der Waals surface area contributed by atoms with E-state index >= 15 is 0 Å². The Bertz CT molecular complexity index is 1080. The first-order valence-corrected chi connectivity index (χ1v) is 9.17. The maximum Gasteiger partial charge on any atom is 0.436 e. The van der Waals surface area contributed by atoms with Crippen molar-refractivity contribution in [3.63, 3.8) is 0 Å². The largest absolute Gasteiger partial charge is 0.496 e. The van der Waals surface area contributed by atoms with E-state index in [0.717, 1.165) is 4.68 Å². The number of halogens is 5. The van der Waals surface area contributed by atoms with Crippen LogP contribution in [0.15, 0.2) is 42.5 Å². The summed E-state index contributed by atoms with van der Waals surface area (Å²) in [6, 6.07) is 10.4. The molecule has 0 fully saturated rings. The molecule has 0 aliphatic rings. The molecule has 0 aliphatic carbocycles. The van der Waals surface area contributed by atoms with Gasteiger partial charge in [0.1, 0.15) is 5.75 Å². The predicted molar refractivity (Wildman–Crippen MR) is 109 cm³/mol. The molecule has 0 saturated carbocycles. The molecule has 0 unspecified atom stereocenters. The van der Waals surface area contributed by atoms with Crippen molar-refractivity contribution in [2.45, 2.75) is 6.18 Å². The van der Waals surface area contributed by atoms with Crippen LogP contribution in [0.5, 0.6) is 5.75 Å². The van der Waals surface area contributed by atoms with Crippen LogP contribution in [-0.2, 0) is 13.2 Å². The minimum Gasteiger partial charge on any atom is -0.496 e. The highest BCUT2D eigenvalue weighted by Crippen LogP contribution is 2.42. The number of urea groups is 1. The van der Waals surface area contributed by atoms with Gasteiger partial charge in [-0.1, -0.05) is 23.2 Å². The molecular weight excluding hydrogens is 444 g/mol. The Hall–Kier alpha value is -2.91. The number of amides is 2. The minimum atomic E-state index is -4.71. The second-order valence-corrected chi connectivity index (χ2v) is 6.95. The van der Waals surface area contributed by atoms with E-state index in [-0.39, 0.29) is 17.0 Å². The Kier molecular flexibility index (Phi) is 6.14. The van der Waals surface area contributed by atoms with Gasteiger partial charge in [0.2, 0.25) is 0 Å². The normalized spacial score (nSPS) is 11.3. The van der Waals surface area contributed by atoms with E-state index < -0.39 is 22.9 Å². The highest BCUT2D eigenvalue weighted by molar-refractivity contribution is 6.34. The second-order valence-electron chi connectivity index (χ2n) is 6.13. The zero-order valence-corrected chi connectivity index (χ0v) is 17.2. The van der Waals surface area contributed by atoms with Gasteiger partial charge in [-0.3, -0.25) is 4.68 Å². The Morgan fingerprint density at radius 1 is 1.07 bits per heavy atom. The summed E-state index contributed by atoms with van der Waals surface area (Å²) in [5.74, 6) is 0.261. The highest BCUT2D eigenvalue weighted by atomic mass is 35.5. The van der Waals surface area contributed by atoms with Crippen LogP contribution in [0.3, 0.4) is 0 Å². The fourth-order valence-corrected chi connectivity index (χ4v) is 3.26. The van der Waals surface area contributed by atoms with E-state index in [4.69, 9.17) is 27.9 Å². The smallest absolute Gasteiger partial charge is 0.436 e. The lowest BCUT2D eigenvalue weighted by molar-refractivity contribution is -0.141. The maximum absolute atomic E-state index is 13.2. The molecule has 30 heavy (non-hydrogen) atoms. The van der Waals surface area contributed by atoms with E-state index in [9.17, 15) is 18.0 Å². The van der Waals surface area contributed by atoms with Crippen LogP contribution >= 0.6 is 23.2 Å². The lowest BCUT2D eigenvalue weighted by Crippen LogP contribution is -2.19. The van der Waals surface area contributed by atoms with Crippen molar-refractivity contribution in [2.75, 3.05) is 17.7 Å². The first-order valence-electron chi connectivity index (χ1n) is 8.42. The van der Waals surface area contributed by atoms with E-state index in [1.165, 1.54) is 26.3 Å². The highest BCUT2D eigenvalue weighted by Gasteiger charge is 2.39. The number of hydrogen-bond donors (Lipinski definition) is 2. The van der Waals surface area contributed by atoms with Gasteiger partial charge in [0.15, 0.2) is 5.69 Å². The molecule has 2 N–H and O–H groups in total. The van der Waals surface area contributed by atoms with Gasteiger partial charge < -0.3 is 15.4 Å². The van der Waals surface area contributed by atoms with Crippen molar-refractivity contribution in [3.05, 3.63) is 58.2 Å². The Morgan fingerprint density at radius 3 is 2.23 bits per heavy atom. The molecule has 0 radical (unpaired) electrons. The first-order chi connectivity index (χ1) is 14.1. The number of methoxy groups -OCH3 is 1. The molecule has 2 aromatic carbocycles. The van der Waals surface area contributed by atoms with Crippen LogP contribution in [0.4, 0.5) is 29.3 Å². The molecule has 0 saturated heterocycles. The molecule has 3 rings (SSSR count). The number of carbonyl (C=O) groups excluding carboxylic acids is 1. The lowest BCUT2D eigenvalue weighted by Gasteiger charge is -2.13. The van der Waals surface area contributed by atoms with Crippen molar-refractivity contribution in [1.29, 1.82) is 0 Å². The number of benzene rings is 2. The Morgan fingerprint density at radius 2 is 1.67 bits per heavy atom. The molecule has 0 bridgehead atoms. The van der Waals surface area contributed by atoms with Gasteiger partial charge in [-0.05, 0) is 42.5 Å². The van der Waals surface area contributed by atoms with Gasteiger partial charge in [-0.15, -0.1) is 0 Å². The van der Waals surface area contributed by atoms with Crippen molar-refractivity contribution in [2.24, 2.45) is 7.05 Å². The van der Waals surface area contributed by atoms with Crippen LogP contribution < -0.4 is 15.4 Å². The fourth-order valence-electron chi connectivity index (χ4n) is 2.77. The third kappa shape index (κ3) is 4.63. The van der Waals surface area contributed by atoms with Gasteiger partial charge >= 0.3 is 12.2 Å². The molecule has 0 spiro atoms. The van der Waals surface area contributed by atoms with E-state index in [2.05, 4.69) is 15.7 Å². The van der Waals surface area contributed by atoms with Crippen molar-refractivity contribution < 1.29 is 22.7 Å². The number of nitrogens with zero attached hydrogens (tertiary/aromatic N) is 2. The third-order valence-corrected chi connectivity index (χ3v) is 4.68. The number of alkyl halides is 3. The summed E-state index contributed by atoms with van der Waals surface area (Å²) >= 11 is 11.8. The Labute approximate surface area is 179 Å². The van der Waals surface area contributed by atoms with Gasteiger partial charge in [-0.25, -0.2) is 4.79 Å². The van der Waals surface area contributed by atoms with E-state index in [1.807, 2.05) is 0 Å². The number of rotatable bonds is 4. The summed E-state index contributed by atoms with van der Waals surface area (Å²) in [5, 5.41) is 8.67. The van der Waals surface area contributed by atoms with Crippen LogP contribution in [0.2, 0.25) is 10.0 Å². The average Bonchev–Trinajstić information content (AvgIpc) is 2.98. The van der Waals surface area contributed by atoms with Crippen LogP contribution in [0.1, 0.15) is 5.69 Å². The molecule has 1 heterocycles. The molecule has 6 nitrogen and oxygen atoms in total. The monoisotopic (exact) mass is 458 g/mol. The van der Waals surface area contributed by atoms with E-state index in [1.54, 1.807) is 30.3 Å². The summed E-state index contributed by atoms with van der Waals surface area (Å²) in [5.41, 5.74) is -0.152. The van der Waals surface area contributed by atoms with E-state index in [0.29, 0.717) is 16.4 Å². The number of carbonyl (C=O) groups is 1. The number of hydrogen-bond acceptors (Lipinski definition) is 3. The number of anilines is 2. The predicted octanol–water partition coefficient (Wildman–Crippen LogP) is 6.07. The number of nitrogens with one attached hydrogen (secondary N) is 2. The second kappa shape index (κ2) is 8.45. The fraction of sp³-hybridized carbons (Fsp3) is 0.158. The summed E-state index contributed by atoms with van der Waals surface area (Å²) in [4.78, 5) is 12.3. The van der Waals surface area contributed by atoms with Crippen molar-refractivity contribution >= 4 is 40.6 Å². The lowest BCUT2D eigenvalue weighted by atomic mass is 10.1. The number of aryl methyl sites for hydroxylation is 1. The van der Waals surface area contributed by atoms with Crippen molar-refractivity contribution in [1.82, 2.24) is 9.78 Å². The molecular formula is C19H15Cl2F3N4O2. The Balaban J connectivity index is 1.92. The SMILES string of the molecule is COc1ccc(NC(=O)Nc2ccc(Cl)cc2)cc1-c1c(Cl)c(C(F)(F)F)nn1C. The van der Waals surface area contributed by atoms with Crippen LogP contribution in [-0.4, -0.2) is 22.9 Å². The van der Waals surface area contributed by atoms with Gasteiger partial charge in [0, 0.05) is 29.0 Å². The van der Waals surface area contributed by atoms with Crippen LogP contribution in [0, 0.1) is 0 Å². The van der Waals surface area contributed by atoms with Gasteiger partial charge in [-0.2, -0.15) is 18.3 Å². The average molecular weight is 459 g/mol. The zero-order valence-electron chi connectivity index (χ0n) is 15.6. The molecule has 0 aliphatic heterocycles. The van der Waals surface area contributed by atoms with Crippen LogP contribution in [0.25, 0.3) is 11.3 Å². The maximum atomic E-state index is 13.2. The number of aromatic nitrogens is 2. The molecule has 11 heteroatoms. The summed E-state index contributed by atoms with van der Waals surface area (Å²) in [6.45, 7) is 0. The molecule has 1 aromatic heterocycles. The molecule has 3 aromatic rings.